The van der Waals surface area contributed by atoms with Crippen molar-refractivity contribution >= 4 is 15.9 Å². The molecule has 1 rings (SSSR count). The van der Waals surface area contributed by atoms with Gasteiger partial charge in [-0.3, -0.25) is 0 Å². The minimum absolute atomic E-state index is 0.783. The first-order valence-corrected chi connectivity index (χ1v) is 5.88. The van der Waals surface area contributed by atoms with Gasteiger partial charge in [0.2, 0.25) is 0 Å². The minimum Gasteiger partial charge on any atom is -0.0891 e. The molecule has 0 N–H and O–H groups in total. The van der Waals surface area contributed by atoms with E-state index in [9.17, 15) is 0 Å². The van der Waals surface area contributed by atoms with E-state index in [0.29, 0.717) is 0 Å². The molecule has 0 nitrogen and oxygen atoms in total. The SMILES string of the molecule is CCC(Br)CC1CCCCC1. The van der Waals surface area contributed by atoms with Gasteiger partial charge in [0, 0.05) is 4.83 Å². The normalized spacial score (nSPS) is 23.5. The van der Waals surface area contributed by atoms with E-state index >= 15 is 0 Å². The topological polar surface area (TPSA) is 0 Å². The minimum atomic E-state index is 0.783. The van der Waals surface area contributed by atoms with Crippen molar-refractivity contribution < 1.29 is 0 Å². The van der Waals surface area contributed by atoms with Crippen molar-refractivity contribution in [3.63, 3.8) is 0 Å². The molecule has 1 heteroatoms. The van der Waals surface area contributed by atoms with Gasteiger partial charge in [-0.05, 0) is 18.8 Å². The van der Waals surface area contributed by atoms with Gasteiger partial charge >= 0.3 is 0 Å². The number of rotatable bonds is 3. The van der Waals surface area contributed by atoms with Gasteiger partial charge in [0.05, 0.1) is 0 Å². The maximum atomic E-state index is 3.71. The van der Waals surface area contributed by atoms with E-state index in [4.69, 9.17) is 0 Å². The highest BCUT2D eigenvalue weighted by atomic mass is 79.9. The second-order valence-corrected chi connectivity index (χ2v) is 5.04. The van der Waals surface area contributed by atoms with Crippen LogP contribution in [0.2, 0.25) is 0 Å². The molecule has 66 valence electrons. The van der Waals surface area contributed by atoms with Crippen LogP contribution >= 0.6 is 15.9 Å². The van der Waals surface area contributed by atoms with Crippen molar-refractivity contribution in [3.05, 3.63) is 0 Å². The van der Waals surface area contributed by atoms with Crippen LogP contribution in [0, 0.1) is 5.92 Å². The third-order valence-corrected chi connectivity index (χ3v) is 3.78. The third-order valence-electron chi connectivity index (χ3n) is 2.76. The predicted molar refractivity (Wildman–Crippen MR) is 54.2 cm³/mol. The van der Waals surface area contributed by atoms with Crippen LogP contribution in [0.1, 0.15) is 51.9 Å². The molecule has 0 aromatic carbocycles. The maximum absolute atomic E-state index is 3.71. The first-order valence-electron chi connectivity index (χ1n) is 4.97. The smallest absolute Gasteiger partial charge is 0.0145 e. The molecule has 0 bridgehead atoms. The van der Waals surface area contributed by atoms with Crippen LogP contribution in [-0.4, -0.2) is 4.83 Å². The standard InChI is InChI=1S/C10H19Br/c1-2-10(11)8-9-6-4-3-5-7-9/h9-10H,2-8H2,1H3. The molecule has 1 saturated carbocycles. The first kappa shape index (κ1) is 9.57. The highest BCUT2D eigenvalue weighted by Gasteiger charge is 2.15. The fourth-order valence-corrected chi connectivity index (χ4v) is 2.48. The molecule has 0 aromatic heterocycles. The highest BCUT2D eigenvalue weighted by Crippen LogP contribution is 2.29. The second kappa shape index (κ2) is 5.18. The van der Waals surface area contributed by atoms with E-state index < -0.39 is 0 Å². The Morgan fingerprint density at radius 1 is 1.27 bits per heavy atom. The zero-order valence-electron chi connectivity index (χ0n) is 7.48. The Morgan fingerprint density at radius 2 is 1.91 bits per heavy atom. The molecule has 11 heavy (non-hydrogen) atoms. The highest BCUT2D eigenvalue weighted by molar-refractivity contribution is 9.09. The van der Waals surface area contributed by atoms with Crippen LogP contribution in [0.15, 0.2) is 0 Å². The maximum Gasteiger partial charge on any atom is 0.0145 e. The molecule has 0 radical (unpaired) electrons. The lowest BCUT2D eigenvalue weighted by Crippen LogP contribution is -2.11. The summed E-state index contributed by atoms with van der Waals surface area (Å²) in [5, 5.41) is 0. The van der Waals surface area contributed by atoms with Crippen molar-refractivity contribution in [2.24, 2.45) is 5.92 Å². The molecule has 1 fully saturated rings. The number of alkyl halides is 1. The monoisotopic (exact) mass is 218 g/mol. The van der Waals surface area contributed by atoms with Crippen molar-refractivity contribution in [1.29, 1.82) is 0 Å². The van der Waals surface area contributed by atoms with Gasteiger partial charge in [0.15, 0.2) is 0 Å². The lowest BCUT2D eigenvalue weighted by atomic mass is 9.86. The molecule has 1 aliphatic rings. The summed E-state index contributed by atoms with van der Waals surface area (Å²) in [4.78, 5) is 0.783. The molecular weight excluding hydrogens is 200 g/mol. The zero-order valence-corrected chi connectivity index (χ0v) is 9.07. The fourth-order valence-electron chi connectivity index (χ4n) is 1.95. The molecule has 0 heterocycles. The Hall–Kier alpha value is 0.480. The molecule has 0 aromatic rings. The average Bonchev–Trinajstić information content (AvgIpc) is 2.06. The average molecular weight is 219 g/mol. The Bertz CT molecular complexity index is 95.0. The summed E-state index contributed by atoms with van der Waals surface area (Å²) in [6.07, 6.45) is 10.1. The van der Waals surface area contributed by atoms with E-state index in [1.807, 2.05) is 0 Å². The molecule has 0 amide bonds. The van der Waals surface area contributed by atoms with Gasteiger partial charge in [-0.2, -0.15) is 0 Å². The summed E-state index contributed by atoms with van der Waals surface area (Å²) in [5.74, 6) is 1.04. The summed E-state index contributed by atoms with van der Waals surface area (Å²) < 4.78 is 0. The molecule has 0 spiro atoms. The van der Waals surface area contributed by atoms with Crippen LogP contribution < -0.4 is 0 Å². The predicted octanol–water partition coefficient (Wildman–Crippen LogP) is 4.13. The van der Waals surface area contributed by atoms with Gasteiger partial charge in [0.1, 0.15) is 0 Å². The number of hydrogen-bond acceptors (Lipinski definition) is 0. The van der Waals surface area contributed by atoms with E-state index in [2.05, 4.69) is 22.9 Å². The Morgan fingerprint density at radius 3 is 2.45 bits per heavy atom. The van der Waals surface area contributed by atoms with Crippen LogP contribution in [0.4, 0.5) is 0 Å². The molecule has 1 aliphatic carbocycles. The summed E-state index contributed by atoms with van der Waals surface area (Å²) in [6, 6.07) is 0. The van der Waals surface area contributed by atoms with Crippen LogP contribution in [-0.2, 0) is 0 Å². The van der Waals surface area contributed by atoms with Crippen LogP contribution in [0.5, 0.6) is 0 Å². The van der Waals surface area contributed by atoms with E-state index in [1.165, 1.54) is 44.9 Å². The number of halogens is 1. The molecular formula is C10H19Br. The van der Waals surface area contributed by atoms with Crippen molar-refractivity contribution in [2.45, 2.75) is 56.7 Å². The number of hydrogen-bond donors (Lipinski definition) is 0. The second-order valence-electron chi connectivity index (χ2n) is 3.75. The summed E-state index contributed by atoms with van der Waals surface area (Å²) in [5.41, 5.74) is 0. The van der Waals surface area contributed by atoms with Crippen molar-refractivity contribution in [2.75, 3.05) is 0 Å². The van der Waals surface area contributed by atoms with Gasteiger partial charge < -0.3 is 0 Å². The summed E-state index contributed by atoms with van der Waals surface area (Å²) >= 11 is 3.71. The Labute approximate surface area is 78.9 Å². The quantitative estimate of drug-likeness (QED) is 0.626. The lowest BCUT2D eigenvalue weighted by molar-refractivity contribution is 0.336. The first-order chi connectivity index (χ1) is 5.33. The van der Waals surface area contributed by atoms with E-state index in [0.717, 1.165) is 10.7 Å². The van der Waals surface area contributed by atoms with E-state index in [-0.39, 0.29) is 0 Å². The molecule has 0 aliphatic heterocycles. The molecule has 1 atom stereocenters. The van der Waals surface area contributed by atoms with Gasteiger partial charge in [-0.1, -0.05) is 55.0 Å². The van der Waals surface area contributed by atoms with Crippen molar-refractivity contribution in [1.82, 2.24) is 0 Å². The summed E-state index contributed by atoms with van der Waals surface area (Å²) in [6.45, 7) is 2.27. The van der Waals surface area contributed by atoms with Crippen molar-refractivity contribution in [3.8, 4) is 0 Å². The Kier molecular flexibility index (Phi) is 4.51. The third kappa shape index (κ3) is 3.59. The van der Waals surface area contributed by atoms with Gasteiger partial charge in [0.25, 0.3) is 0 Å². The largest absolute Gasteiger partial charge is 0.0891 e. The van der Waals surface area contributed by atoms with Crippen LogP contribution in [0.25, 0.3) is 0 Å². The Balaban J connectivity index is 2.13. The van der Waals surface area contributed by atoms with E-state index in [1.54, 1.807) is 0 Å². The van der Waals surface area contributed by atoms with Gasteiger partial charge in [-0.25, -0.2) is 0 Å². The molecule has 0 saturated heterocycles. The summed E-state index contributed by atoms with van der Waals surface area (Å²) in [7, 11) is 0. The van der Waals surface area contributed by atoms with Gasteiger partial charge in [-0.15, -0.1) is 0 Å². The fraction of sp³-hybridized carbons (Fsp3) is 1.00. The molecule has 1 unspecified atom stereocenters. The lowest BCUT2D eigenvalue weighted by Gasteiger charge is -2.23. The van der Waals surface area contributed by atoms with Crippen LogP contribution in [0.3, 0.4) is 0 Å². The zero-order chi connectivity index (χ0) is 8.10.